The Morgan fingerprint density at radius 3 is 1.66 bits per heavy atom. The van der Waals surface area contributed by atoms with Gasteiger partial charge in [0.1, 0.15) is 11.5 Å². The summed E-state index contributed by atoms with van der Waals surface area (Å²) in [5, 5.41) is 0. The van der Waals surface area contributed by atoms with E-state index in [1.807, 2.05) is 0 Å². The fraction of sp³-hybridized carbons (Fsp3) is 0.217. The Morgan fingerprint density at radius 1 is 0.724 bits per heavy atom. The van der Waals surface area contributed by atoms with Crippen LogP contribution < -0.4 is 4.74 Å². The van der Waals surface area contributed by atoms with Crippen LogP contribution in [0.5, 0.6) is 11.5 Å². The van der Waals surface area contributed by atoms with Crippen molar-refractivity contribution in [2.24, 2.45) is 0 Å². The van der Waals surface area contributed by atoms with Gasteiger partial charge in [-0.05, 0) is 74.6 Å². The molecule has 3 aromatic rings. The SMILES string of the molecule is Cc1ccc(Oc2c(C)cccc2C)c(-c2c(C)cccc2C)c1.O=P(O)(O)O. The molecule has 3 rings (SSSR count). The first-order chi connectivity index (χ1) is 13.5. The van der Waals surface area contributed by atoms with Gasteiger partial charge in [0.05, 0.1) is 0 Å². The molecule has 3 aromatic carbocycles. The summed E-state index contributed by atoms with van der Waals surface area (Å²) in [4.78, 5) is 21.6. The van der Waals surface area contributed by atoms with Gasteiger partial charge in [0, 0.05) is 5.56 Å². The predicted molar refractivity (Wildman–Crippen MR) is 116 cm³/mol. The molecule has 0 amide bonds. The largest absolute Gasteiger partial charge is 0.466 e. The predicted octanol–water partition coefficient (Wildman–Crippen LogP) is 5.76. The molecule has 0 unspecified atom stereocenters. The third-order valence-electron chi connectivity index (χ3n) is 4.51. The topological polar surface area (TPSA) is 87.0 Å². The Labute approximate surface area is 171 Å². The molecule has 0 atom stereocenters. The fourth-order valence-electron chi connectivity index (χ4n) is 3.24. The average Bonchev–Trinajstić information content (AvgIpc) is 2.58. The van der Waals surface area contributed by atoms with Crippen LogP contribution in [0.3, 0.4) is 0 Å². The number of para-hydroxylation sites is 1. The summed E-state index contributed by atoms with van der Waals surface area (Å²) in [5.41, 5.74) is 8.52. The van der Waals surface area contributed by atoms with Gasteiger partial charge in [-0.25, -0.2) is 4.57 Å². The molecule has 0 aliphatic carbocycles. The number of benzene rings is 3. The highest BCUT2D eigenvalue weighted by atomic mass is 31.2. The smallest absolute Gasteiger partial charge is 0.456 e. The van der Waals surface area contributed by atoms with Crippen molar-refractivity contribution in [3.8, 4) is 22.6 Å². The number of aryl methyl sites for hydroxylation is 5. The van der Waals surface area contributed by atoms with Gasteiger partial charge in [-0.3, -0.25) is 0 Å². The molecule has 5 nitrogen and oxygen atoms in total. The molecule has 29 heavy (non-hydrogen) atoms. The Morgan fingerprint density at radius 2 is 1.17 bits per heavy atom. The minimum absolute atomic E-state index is 0.912. The maximum absolute atomic E-state index is 8.88. The van der Waals surface area contributed by atoms with Crippen LogP contribution in [0.1, 0.15) is 27.8 Å². The summed E-state index contributed by atoms with van der Waals surface area (Å²) in [7, 11) is -4.64. The first-order valence-electron chi connectivity index (χ1n) is 9.17. The van der Waals surface area contributed by atoms with E-state index >= 15 is 0 Å². The molecule has 0 aromatic heterocycles. The highest BCUT2D eigenvalue weighted by Crippen LogP contribution is 2.39. The molecular formula is C23H27O5P. The van der Waals surface area contributed by atoms with Crippen molar-refractivity contribution in [3.05, 3.63) is 82.4 Å². The van der Waals surface area contributed by atoms with Gasteiger partial charge in [0.2, 0.25) is 0 Å². The third kappa shape index (κ3) is 6.55. The van der Waals surface area contributed by atoms with Crippen LogP contribution in [0.15, 0.2) is 54.6 Å². The van der Waals surface area contributed by atoms with Gasteiger partial charge in [-0.1, -0.05) is 48.0 Å². The third-order valence-corrected chi connectivity index (χ3v) is 4.51. The zero-order valence-corrected chi connectivity index (χ0v) is 18.2. The maximum atomic E-state index is 8.88. The van der Waals surface area contributed by atoms with Crippen LogP contribution in [0.25, 0.3) is 11.1 Å². The fourth-order valence-corrected chi connectivity index (χ4v) is 3.24. The van der Waals surface area contributed by atoms with E-state index in [1.54, 1.807) is 0 Å². The summed E-state index contributed by atoms with van der Waals surface area (Å²) in [6.45, 7) is 10.6. The Kier molecular flexibility index (Phi) is 7.39. The lowest BCUT2D eigenvalue weighted by molar-refractivity contribution is 0.275. The second kappa shape index (κ2) is 9.38. The van der Waals surface area contributed by atoms with E-state index in [1.165, 1.54) is 22.3 Å². The highest BCUT2D eigenvalue weighted by Gasteiger charge is 2.14. The van der Waals surface area contributed by atoms with E-state index in [0.29, 0.717) is 0 Å². The molecule has 0 radical (unpaired) electrons. The van der Waals surface area contributed by atoms with Crippen LogP contribution in [-0.2, 0) is 4.57 Å². The number of hydrogen-bond acceptors (Lipinski definition) is 2. The van der Waals surface area contributed by atoms with E-state index in [2.05, 4.69) is 89.2 Å². The van der Waals surface area contributed by atoms with Gasteiger partial charge in [-0.2, -0.15) is 0 Å². The average molecular weight is 414 g/mol. The maximum Gasteiger partial charge on any atom is 0.466 e. The second-order valence-corrected chi connectivity index (χ2v) is 8.13. The molecule has 154 valence electrons. The normalized spacial score (nSPS) is 10.9. The van der Waals surface area contributed by atoms with Gasteiger partial charge < -0.3 is 19.4 Å². The van der Waals surface area contributed by atoms with Gasteiger partial charge in [0.15, 0.2) is 0 Å². The number of rotatable bonds is 3. The van der Waals surface area contributed by atoms with Crippen LogP contribution in [0.4, 0.5) is 0 Å². The molecule has 0 aliphatic heterocycles. The molecular weight excluding hydrogens is 387 g/mol. The molecule has 0 spiro atoms. The Balaban J connectivity index is 0.000000537. The van der Waals surface area contributed by atoms with Gasteiger partial charge >= 0.3 is 7.82 Å². The van der Waals surface area contributed by atoms with Crippen molar-refractivity contribution in [1.29, 1.82) is 0 Å². The molecule has 3 N–H and O–H groups in total. The van der Waals surface area contributed by atoms with Crippen molar-refractivity contribution in [2.75, 3.05) is 0 Å². The first-order valence-corrected chi connectivity index (χ1v) is 10.7. The molecule has 6 heteroatoms. The van der Waals surface area contributed by atoms with Crippen LogP contribution >= 0.6 is 7.82 Å². The van der Waals surface area contributed by atoms with Crippen LogP contribution in [-0.4, -0.2) is 14.7 Å². The van der Waals surface area contributed by atoms with Crippen molar-refractivity contribution in [2.45, 2.75) is 34.6 Å². The van der Waals surface area contributed by atoms with E-state index in [-0.39, 0.29) is 0 Å². The van der Waals surface area contributed by atoms with E-state index in [4.69, 9.17) is 24.0 Å². The zero-order chi connectivity index (χ0) is 21.8. The molecule has 0 aliphatic rings. The summed E-state index contributed by atoms with van der Waals surface area (Å²) >= 11 is 0. The summed E-state index contributed by atoms with van der Waals surface area (Å²) in [5.74, 6) is 1.87. The minimum Gasteiger partial charge on any atom is -0.456 e. The summed E-state index contributed by atoms with van der Waals surface area (Å²) in [6, 6.07) is 19.1. The number of phosphoric acid groups is 1. The molecule has 0 fully saturated rings. The number of ether oxygens (including phenoxy) is 1. The lowest BCUT2D eigenvalue weighted by Crippen LogP contribution is -1.96. The standard InChI is InChI=1S/C23H24O.H3O4P/c1-15-12-13-21(24-23-18(4)10-7-11-19(23)5)20(14-15)22-16(2)8-6-9-17(22)3;1-5(2,3)4/h6-14H,1-5H3;(H3,1,2,3,4). The minimum atomic E-state index is -4.64. The van der Waals surface area contributed by atoms with E-state index in [0.717, 1.165) is 28.2 Å². The molecule has 0 heterocycles. The summed E-state index contributed by atoms with van der Waals surface area (Å²) in [6.07, 6.45) is 0. The quantitative estimate of drug-likeness (QED) is 0.475. The van der Waals surface area contributed by atoms with E-state index < -0.39 is 7.82 Å². The first kappa shape index (κ1) is 22.9. The number of hydrogen-bond donors (Lipinski definition) is 3. The highest BCUT2D eigenvalue weighted by molar-refractivity contribution is 7.45. The van der Waals surface area contributed by atoms with Crippen molar-refractivity contribution >= 4 is 7.82 Å². The monoisotopic (exact) mass is 414 g/mol. The molecule has 0 saturated heterocycles. The van der Waals surface area contributed by atoms with Crippen LogP contribution in [0.2, 0.25) is 0 Å². The van der Waals surface area contributed by atoms with Crippen molar-refractivity contribution in [1.82, 2.24) is 0 Å². The lowest BCUT2D eigenvalue weighted by Gasteiger charge is -2.18. The lowest BCUT2D eigenvalue weighted by atomic mass is 9.94. The summed E-state index contributed by atoms with van der Waals surface area (Å²) < 4.78 is 15.3. The van der Waals surface area contributed by atoms with E-state index in [9.17, 15) is 0 Å². The molecule has 0 bridgehead atoms. The molecule has 0 saturated carbocycles. The zero-order valence-electron chi connectivity index (χ0n) is 17.3. The van der Waals surface area contributed by atoms with Crippen molar-refractivity contribution < 1.29 is 24.0 Å². The van der Waals surface area contributed by atoms with Gasteiger partial charge in [0.25, 0.3) is 0 Å². The van der Waals surface area contributed by atoms with Crippen molar-refractivity contribution in [3.63, 3.8) is 0 Å². The Hall–Kier alpha value is -2.43. The second-order valence-electron chi connectivity index (χ2n) is 7.10. The Bertz CT molecular complexity index is 1000. The van der Waals surface area contributed by atoms with Gasteiger partial charge in [-0.15, -0.1) is 0 Å². The van der Waals surface area contributed by atoms with Crippen LogP contribution in [0, 0.1) is 34.6 Å².